The average Bonchev–Trinajstić information content (AvgIpc) is 3.04. The molecule has 25 heavy (non-hydrogen) atoms. The van der Waals surface area contributed by atoms with E-state index in [0.29, 0.717) is 5.27 Å². The number of nitrogens with zero attached hydrogens (tertiary/aromatic N) is 2. The van der Waals surface area contributed by atoms with E-state index in [-0.39, 0.29) is 0 Å². The minimum atomic E-state index is 0.450. The summed E-state index contributed by atoms with van der Waals surface area (Å²) in [6.45, 7) is 6.49. The quantitative estimate of drug-likeness (QED) is 0.599. The Morgan fingerprint density at radius 2 is 1.64 bits per heavy atom. The molecular weight excluding hydrogens is 343 g/mol. The van der Waals surface area contributed by atoms with Crippen LogP contribution < -0.4 is 5.46 Å². The molecule has 0 fully saturated rings. The van der Waals surface area contributed by atoms with Gasteiger partial charge in [-0.2, -0.15) is 23.2 Å². The Labute approximate surface area is 159 Å². The Morgan fingerprint density at radius 1 is 0.960 bits per heavy atom. The van der Waals surface area contributed by atoms with Crippen molar-refractivity contribution in [1.29, 1.82) is 0 Å². The summed E-state index contributed by atoms with van der Waals surface area (Å²) in [7, 11) is 0. The first kappa shape index (κ1) is 18.2. The molecule has 0 aliphatic heterocycles. The molecular formula is C20H23BN2S2. The molecule has 3 rings (SSSR count). The lowest BCUT2D eigenvalue weighted by atomic mass is 9.90. The molecule has 0 spiro atoms. The van der Waals surface area contributed by atoms with Gasteiger partial charge in [0.15, 0.2) is 0 Å². The van der Waals surface area contributed by atoms with Gasteiger partial charge in [0.05, 0.1) is 5.69 Å². The number of hydrogen-bond acceptors (Lipinski definition) is 3. The van der Waals surface area contributed by atoms with Crippen molar-refractivity contribution in [3.63, 3.8) is 0 Å². The van der Waals surface area contributed by atoms with Crippen molar-refractivity contribution >= 4 is 34.0 Å². The van der Waals surface area contributed by atoms with Gasteiger partial charge in [-0.15, -0.1) is 0 Å². The standard InChI is InChI=1S/C20H23BN2S2/c1-14-11-15(2)19(16(3)12-14)23-10-9-22-20(23)17-7-6-8-18(13-17)21(24-4)25-5/h6-13H,1-5H3. The van der Waals surface area contributed by atoms with Crippen molar-refractivity contribution in [2.75, 3.05) is 12.5 Å². The van der Waals surface area contributed by atoms with Gasteiger partial charge in [-0.05, 0) is 44.4 Å². The summed E-state index contributed by atoms with van der Waals surface area (Å²) in [5, 5.41) is 0.450. The molecule has 2 nitrogen and oxygen atoms in total. The average molecular weight is 366 g/mol. The van der Waals surface area contributed by atoms with Gasteiger partial charge < -0.3 is 0 Å². The van der Waals surface area contributed by atoms with Crippen LogP contribution >= 0.6 is 23.2 Å². The van der Waals surface area contributed by atoms with Crippen molar-refractivity contribution in [3.05, 3.63) is 65.5 Å². The second-order valence-electron chi connectivity index (χ2n) is 6.30. The number of hydrogen-bond donors (Lipinski definition) is 0. The van der Waals surface area contributed by atoms with Gasteiger partial charge in [0, 0.05) is 18.0 Å². The van der Waals surface area contributed by atoms with Crippen molar-refractivity contribution in [2.24, 2.45) is 0 Å². The molecule has 2 aromatic carbocycles. The molecule has 0 saturated carbocycles. The highest BCUT2D eigenvalue weighted by Gasteiger charge is 2.17. The molecule has 0 saturated heterocycles. The smallest absolute Gasteiger partial charge is 0.299 e. The summed E-state index contributed by atoms with van der Waals surface area (Å²) in [5.74, 6) is 0.998. The fourth-order valence-electron chi connectivity index (χ4n) is 3.44. The molecule has 0 aliphatic rings. The zero-order valence-electron chi connectivity index (χ0n) is 15.4. The maximum atomic E-state index is 4.67. The number of benzene rings is 2. The van der Waals surface area contributed by atoms with Crippen molar-refractivity contribution < 1.29 is 0 Å². The van der Waals surface area contributed by atoms with Crippen LogP contribution in [0, 0.1) is 20.8 Å². The van der Waals surface area contributed by atoms with Gasteiger partial charge in [-0.1, -0.05) is 47.4 Å². The summed E-state index contributed by atoms with van der Waals surface area (Å²) in [6, 6.07) is 13.2. The normalized spacial score (nSPS) is 10.9. The number of aryl methyl sites for hydroxylation is 3. The Morgan fingerprint density at radius 3 is 2.28 bits per heavy atom. The predicted octanol–water partition coefficient (Wildman–Crippen LogP) is 4.89. The summed E-state index contributed by atoms with van der Waals surface area (Å²) >= 11 is 3.74. The number of rotatable bonds is 5. The first-order chi connectivity index (χ1) is 12.0. The van der Waals surface area contributed by atoms with Crippen LogP contribution in [0.3, 0.4) is 0 Å². The van der Waals surface area contributed by atoms with Crippen molar-refractivity contribution in [1.82, 2.24) is 9.55 Å². The topological polar surface area (TPSA) is 17.8 Å². The third-order valence-corrected chi connectivity index (χ3v) is 6.92. The van der Waals surface area contributed by atoms with E-state index in [1.54, 1.807) is 0 Å². The Hall–Kier alpha value is -1.59. The highest BCUT2D eigenvalue weighted by Crippen LogP contribution is 2.27. The molecule has 0 radical (unpaired) electrons. The van der Waals surface area contributed by atoms with Crippen LogP contribution in [0.15, 0.2) is 48.8 Å². The SMILES string of the molecule is CSB(SC)c1cccc(-c2nccn2-c2c(C)cc(C)cc2C)c1. The number of aromatic nitrogens is 2. The predicted molar refractivity (Wildman–Crippen MR) is 116 cm³/mol. The van der Waals surface area contributed by atoms with E-state index in [9.17, 15) is 0 Å². The lowest BCUT2D eigenvalue weighted by molar-refractivity contribution is 1.03. The van der Waals surface area contributed by atoms with Gasteiger partial charge in [0.25, 0.3) is 0 Å². The van der Waals surface area contributed by atoms with Crippen LogP contribution in [0.1, 0.15) is 16.7 Å². The third-order valence-electron chi connectivity index (χ3n) is 4.36. The molecule has 0 amide bonds. The van der Waals surface area contributed by atoms with E-state index in [4.69, 9.17) is 0 Å². The van der Waals surface area contributed by atoms with Gasteiger partial charge in [0.1, 0.15) is 5.82 Å². The van der Waals surface area contributed by atoms with Crippen molar-refractivity contribution in [2.45, 2.75) is 20.8 Å². The summed E-state index contributed by atoms with van der Waals surface area (Å²) < 4.78 is 2.22. The lowest BCUT2D eigenvalue weighted by Crippen LogP contribution is -2.23. The van der Waals surface area contributed by atoms with Crippen LogP contribution in [0.2, 0.25) is 0 Å². The van der Waals surface area contributed by atoms with E-state index in [2.05, 4.69) is 85.4 Å². The van der Waals surface area contributed by atoms with Crippen LogP contribution in [-0.4, -0.2) is 27.3 Å². The Balaban J connectivity index is 2.11. The summed E-state index contributed by atoms with van der Waals surface area (Å²) in [6.07, 6.45) is 8.27. The molecule has 3 aromatic rings. The molecule has 0 N–H and O–H groups in total. The Bertz CT molecular complexity index is 862. The van der Waals surface area contributed by atoms with Crippen molar-refractivity contribution in [3.8, 4) is 17.1 Å². The zero-order valence-corrected chi connectivity index (χ0v) is 17.0. The zero-order chi connectivity index (χ0) is 18.0. The molecule has 5 heteroatoms. The fourth-order valence-corrected chi connectivity index (χ4v) is 5.05. The lowest BCUT2D eigenvalue weighted by Gasteiger charge is -2.16. The van der Waals surface area contributed by atoms with Gasteiger partial charge in [0.2, 0.25) is 0 Å². The first-order valence-electron chi connectivity index (χ1n) is 8.32. The van der Waals surface area contributed by atoms with E-state index < -0.39 is 0 Å². The second-order valence-corrected chi connectivity index (χ2v) is 8.48. The summed E-state index contributed by atoms with van der Waals surface area (Å²) in [5.41, 5.74) is 7.58. The molecule has 0 aliphatic carbocycles. The van der Waals surface area contributed by atoms with Gasteiger partial charge in [-0.25, -0.2) is 4.98 Å². The van der Waals surface area contributed by atoms with Crippen LogP contribution in [0.4, 0.5) is 0 Å². The van der Waals surface area contributed by atoms with Crippen LogP contribution in [0.5, 0.6) is 0 Å². The largest absolute Gasteiger partial charge is 0.307 e. The monoisotopic (exact) mass is 366 g/mol. The molecule has 1 aromatic heterocycles. The second kappa shape index (κ2) is 7.75. The molecule has 128 valence electrons. The van der Waals surface area contributed by atoms with Gasteiger partial charge in [-0.3, -0.25) is 4.57 Å². The fraction of sp³-hybridized carbons (Fsp3) is 0.250. The van der Waals surface area contributed by atoms with Crippen LogP contribution in [-0.2, 0) is 0 Å². The molecule has 0 bridgehead atoms. The minimum absolute atomic E-state index is 0.450. The van der Waals surface area contributed by atoms with E-state index in [0.717, 1.165) is 11.4 Å². The van der Waals surface area contributed by atoms with E-state index in [1.807, 2.05) is 29.4 Å². The molecule has 1 heterocycles. The highest BCUT2D eigenvalue weighted by atomic mass is 32.2. The van der Waals surface area contributed by atoms with Crippen LogP contribution in [0.25, 0.3) is 17.1 Å². The molecule has 0 atom stereocenters. The maximum Gasteiger partial charge on any atom is 0.307 e. The van der Waals surface area contributed by atoms with E-state index in [1.165, 1.54) is 27.8 Å². The van der Waals surface area contributed by atoms with E-state index >= 15 is 0 Å². The van der Waals surface area contributed by atoms with Gasteiger partial charge >= 0.3 is 5.27 Å². The highest BCUT2D eigenvalue weighted by molar-refractivity contribution is 8.55. The first-order valence-corrected chi connectivity index (χ1v) is 10.9. The minimum Gasteiger partial charge on any atom is -0.299 e. The maximum absolute atomic E-state index is 4.67. The summed E-state index contributed by atoms with van der Waals surface area (Å²) in [4.78, 5) is 4.67. The third kappa shape index (κ3) is 3.68. The Kier molecular flexibility index (Phi) is 5.65. The number of imidazole rings is 1. The molecule has 0 unspecified atom stereocenters.